The molecule has 1 aliphatic rings. The van der Waals surface area contributed by atoms with Gasteiger partial charge in [-0.2, -0.15) is 0 Å². The van der Waals surface area contributed by atoms with Gasteiger partial charge in [0.2, 0.25) is 0 Å². The van der Waals surface area contributed by atoms with Crippen molar-refractivity contribution in [3.63, 3.8) is 0 Å². The first-order valence-electron chi connectivity index (χ1n) is 6.93. The lowest BCUT2D eigenvalue weighted by Crippen LogP contribution is -2.32. The zero-order chi connectivity index (χ0) is 12.9. The second-order valence-electron chi connectivity index (χ2n) is 6.50. The smallest absolute Gasteiger partial charge is 0.0357 e. The predicted octanol–water partition coefficient (Wildman–Crippen LogP) is 2.95. The van der Waals surface area contributed by atoms with Crippen LogP contribution in [0.1, 0.15) is 52.9 Å². The Morgan fingerprint density at radius 3 is 2.47 bits per heavy atom. The molecule has 0 bridgehead atoms. The highest BCUT2D eigenvalue weighted by molar-refractivity contribution is 7.84. The largest absolute Gasteiger partial charge is 0.313 e. The van der Waals surface area contributed by atoms with Gasteiger partial charge in [-0.25, -0.2) is 0 Å². The molecule has 3 atom stereocenters. The first-order valence-corrected chi connectivity index (χ1v) is 8.65. The summed E-state index contributed by atoms with van der Waals surface area (Å²) in [4.78, 5) is 0. The van der Waals surface area contributed by atoms with Gasteiger partial charge in [-0.3, -0.25) is 4.21 Å². The topological polar surface area (TPSA) is 29.1 Å². The maximum Gasteiger partial charge on any atom is 0.0357 e. The third kappa shape index (κ3) is 6.01. The van der Waals surface area contributed by atoms with Crippen LogP contribution in [0.15, 0.2) is 0 Å². The van der Waals surface area contributed by atoms with Gasteiger partial charge in [-0.15, -0.1) is 0 Å². The Balaban J connectivity index is 2.30. The summed E-state index contributed by atoms with van der Waals surface area (Å²) in [6.45, 7) is 8.01. The van der Waals surface area contributed by atoms with Crippen LogP contribution in [-0.2, 0) is 10.8 Å². The van der Waals surface area contributed by atoms with Crippen molar-refractivity contribution in [1.29, 1.82) is 0 Å². The second-order valence-corrected chi connectivity index (χ2v) is 8.05. The van der Waals surface area contributed by atoms with Crippen molar-refractivity contribution in [3.8, 4) is 0 Å². The number of hydrogen-bond donors (Lipinski definition) is 1. The molecule has 0 heterocycles. The van der Waals surface area contributed by atoms with Crippen LogP contribution < -0.4 is 5.32 Å². The van der Waals surface area contributed by atoms with Crippen molar-refractivity contribution in [2.75, 3.05) is 18.6 Å². The summed E-state index contributed by atoms with van der Waals surface area (Å²) in [6, 6.07) is 0.658. The molecule has 1 N–H and O–H groups in total. The highest BCUT2D eigenvalue weighted by atomic mass is 32.2. The Hall–Kier alpha value is 0.110. The maximum atomic E-state index is 11.0. The van der Waals surface area contributed by atoms with Gasteiger partial charge in [0.1, 0.15) is 0 Å². The Labute approximate surface area is 109 Å². The van der Waals surface area contributed by atoms with Crippen molar-refractivity contribution in [3.05, 3.63) is 0 Å². The maximum absolute atomic E-state index is 11.0. The molecule has 1 aliphatic carbocycles. The summed E-state index contributed by atoms with van der Waals surface area (Å²) in [6.07, 6.45) is 8.43. The van der Waals surface area contributed by atoms with E-state index < -0.39 is 10.8 Å². The van der Waals surface area contributed by atoms with E-state index in [4.69, 9.17) is 0 Å². The third-order valence-electron chi connectivity index (χ3n) is 4.02. The highest BCUT2D eigenvalue weighted by Gasteiger charge is 2.27. The highest BCUT2D eigenvalue weighted by Crippen LogP contribution is 2.36. The SMILES string of the molecule is CS(=O)CCNC1CCCC(C(C)(C)C)CC1. The van der Waals surface area contributed by atoms with Crippen LogP contribution in [0.25, 0.3) is 0 Å². The van der Waals surface area contributed by atoms with Gasteiger partial charge in [0.15, 0.2) is 0 Å². The molecule has 0 aromatic rings. The van der Waals surface area contributed by atoms with Gasteiger partial charge in [0.25, 0.3) is 0 Å². The molecule has 1 rings (SSSR count). The molecular weight excluding hydrogens is 230 g/mol. The van der Waals surface area contributed by atoms with Crippen LogP contribution in [-0.4, -0.2) is 28.8 Å². The lowest BCUT2D eigenvalue weighted by atomic mass is 9.76. The zero-order valence-corrected chi connectivity index (χ0v) is 12.7. The molecule has 102 valence electrons. The minimum atomic E-state index is -0.658. The van der Waals surface area contributed by atoms with E-state index in [0.717, 1.165) is 18.2 Å². The Kier molecular flexibility index (Phi) is 6.14. The van der Waals surface area contributed by atoms with Gasteiger partial charge in [-0.1, -0.05) is 27.2 Å². The molecule has 0 amide bonds. The minimum absolute atomic E-state index is 0.458. The van der Waals surface area contributed by atoms with Crippen molar-refractivity contribution in [1.82, 2.24) is 5.32 Å². The average Bonchev–Trinajstić information content (AvgIpc) is 2.41. The van der Waals surface area contributed by atoms with Crippen LogP contribution in [0.5, 0.6) is 0 Å². The van der Waals surface area contributed by atoms with Crippen LogP contribution in [0.4, 0.5) is 0 Å². The molecule has 0 radical (unpaired) electrons. The summed E-state index contributed by atoms with van der Waals surface area (Å²) in [5.74, 6) is 1.66. The molecule has 3 unspecified atom stereocenters. The summed E-state index contributed by atoms with van der Waals surface area (Å²) in [5.41, 5.74) is 0.458. The molecule has 2 nitrogen and oxygen atoms in total. The monoisotopic (exact) mass is 259 g/mol. The average molecular weight is 259 g/mol. The van der Waals surface area contributed by atoms with E-state index in [1.807, 2.05) is 0 Å². The standard InChI is InChI=1S/C14H29NOS/c1-14(2,3)12-6-5-7-13(9-8-12)15-10-11-17(4)16/h12-13,15H,5-11H2,1-4H3. The zero-order valence-electron chi connectivity index (χ0n) is 11.9. The number of hydrogen-bond acceptors (Lipinski definition) is 2. The Morgan fingerprint density at radius 2 is 1.88 bits per heavy atom. The van der Waals surface area contributed by atoms with Gasteiger partial charge in [-0.05, 0) is 37.0 Å². The quantitative estimate of drug-likeness (QED) is 0.787. The molecule has 0 saturated heterocycles. The van der Waals surface area contributed by atoms with E-state index in [2.05, 4.69) is 26.1 Å². The molecule has 0 aromatic heterocycles. The molecule has 0 spiro atoms. The fraction of sp³-hybridized carbons (Fsp3) is 1.00. The molecule has 1 saturated carbocycles. The van der Waals surface area contributed by atoms with Crippen molar-refractivity contribution < 1.29 is 4.21 Å². The van der Waals surface area contributed by atoms with E-state index in [0.29, 0.717) is 11.5 Å². The molecular formula is C14H29NOS. The van der Waals surface area contributed by atoms with Crippen LogP contribution >= 0.6 is 0 Å². The summed E-state index contributed by atoms with van der Waals surface area (Å²) in [5, 5.41) is 3.57. The van der Waals surface area contributed by atoms with Crippen molar-refractivity contribution in [2.45, 2.75) is 58.9 Å². The van der Waals surface area contributed by atoms with E-state index in [1.54, 1.807) is 6.26 Å². The number of nitrogens with one attached hydrogen (secondary N) is 1. The van der Waals surface area contributed by atoms with E-state index in [1.165, 1.54) is 32.1 Å². The minimum Gasteiger partial charge on any atom is -0.313 e. The lowest BCUT2D eigenvalue weighted by Gasteiger charge is -2.29. The summed E-state index contributed by atoms with van der Waals surface area (Å²) >= 11 is 0. The first-order chi connectivity index (χ1) is 7.89. The molecule has 1 fully saturated rings. The molecule has 0 aliphatic heterocycles. The van der Waals surface area contributed by atoms with Crippen LogP contribution in [0.2, 0.25) is 0 Å². The third-order valence-corrected chi connectivity index (χ3v) is 4.80. The molecule has 3 heteroatoms. The molecule has 0 aromatic carbocycles. The van der Waals surface area contributed by atoms with Gasteiger partial charge >= 0.3 is 0 Å². The fourth-order valence-electron chi connectivity index (χ4n) is 2.78. The second kappa shape index (κ2) is 6.89. The molecule has 17 heavy (non-hydrogen) atoms. The normalized spacial score (nSPS) is 28.7. The first kappa shape index (κ1) is 15.2. The van der Waals surface area contributed by atoms with E-state index in [-0.39, 0.29) is 0 Å². The predicted molar refractivity (Wildman–Crippen MR) is 76.8 cm³/mol. The van der Waals surface area contributed by atoms with Gasteiger partial charge in [0, 0.05) is 35.4 Å². The Morgan fingerprint density at radius 1 is 1.18 bits per heavy atom. The fourth-order valence-corrected chi connectivity index (χ4v) is 3.18. The van der Waals surface area contributed by atoms with E-state index in [9.17, 15) is 4.21 Å². The van der Waals surface area contributed by atoms with Crippen LogP contribution in [0, 0.1) is 11.3 Å². The van der Waals surface area contributed by atoms with Crippen molar-refractivity contribution in [2.24, 2.45) is 11.3 Å². The van der Waals surface area contributed by atoms with Gasteiger partial charge < -0.3 is 5.32 Å². The lowest BCUT2D eigenvalue weighted by molar-refractivity contribution is 0.213. The van der Waals surface area contributed by atoms with Gasteiger partial charge in [0.05, 0.1) is 0 Å². The summed E-state index contributed by atoms with van der Waals surface area (Å²) in [7, 11) is -0.658. The number of rotatable bonds is 4. The van der Waals surface area contributed by atoms with Crippen LogP contribution in [0.3, 0.4) is 0 Å². The van der Waals surface area contributed by atoms with Crippen molar-refractivity contribution >= 4 is 10.8 Å². The Bertz CT molecular complexity index is 247. The summed E-state index contributed by atoms with van der Waals surface area (Å²) < 4.78 is 11.0. The van der Waals surface area contributed by atoms with E-state index >= 15 is 0 Å².